The fourth-order valence-corrected chi connectivity index (χ4v) is 2.45. The van der Waals surface area contributed by atoms with Gasteiger partial charge in [0.2, 0.25) is 0 Å². The van der Waals surface area contributed by atoms with Gasteiger partial charge < -0.3 is 10.1 Å². The third-order valence-electron chi connectivity index (χ3n) is 3.29. The molecule has 4 heteroatoms. The van der Waals surface area contributed by atoms with Crippen LogP contribution in [0, 0.1) is 5.82 Å². The highest BCUT2D eigenvalue weighted by molar-refractivity contribution is 6.32. The molecule has 0 spiro atoms. The van der Waals surface area contributed by atoms with Crippen molar-refractivity contribution >= 4 is 11.6 Å². The Bertz CT molecular complexity index is 603. The smallest absolute Gasteiger partial charge is 0.137 e. The number of benzene rings is 2. The highest BCUT2D eigenvalue weighted by atomic mass is 35.5. The Morgan fingerprint density at radius 2 is 1.95 bits per heavy atom. The molecule has 2 nitrogen and oxygen atoms in total. The summed E-state index contributed by atoms with van der Waals surface area (Å²) < 4.78 is 18.8. The molecule has 0 bridgehead atoms. The first kappa shape index (κ1) is 15.8. The molecule has 0 aliphatic rings. The van der Waals surface area contributed by atoms with Crippen LogP contribution in [0.1, 0.15) is 30.5 Å². The minimum atomic E-state index is -0.239. The normalized spacial score (nSPS) is 12.2. The van der Waals surface area contributed by atoms with E-state index in [-0.39, 0.29) is 11.9 Å². The van der Waals surface area contributed by atoms with Crippen LogP contribution in [0.5, 0.6) is 5.75 Å². The van der Waals surface area contributed by atoms with E-state index < -0.39 is 0 Å². The maximum atomic E-state index is 13.5. The van der Waals surface area contributed by atoms with Crippen molar-refractivity contribution in [3.63, 3.8) is 0 Å². The summed E-state index contributed by atoms with van der Waals surface area (Å²) in [7, 11) is 1.58. The molecule has 0 radical (unpaired) electrons. The van der Waals surface area contributed by atoms with E-state index in [4.69, 9.17) is 16.3 Å². The van der Waals surface area contributed by atoms with Gasteiger partial charge >= 0.3 is 0 Å². The summed E-state index contributed by atoms with van der Waals surface area (Å²) in [5.41, 5.74) is 1.88. The molecule has 1 unspecified atom stereocenters. The Labute approximate surface area is 129 Å². The summed E-state index contributed by atoms with van der Waals surface area (Å²) in [6.45, 7) is 2.93. The number of hydrogen-bond donors (Lipinski definition) is 1. The maximum absolute atomic E-state index is 13.5. The van der Waals surface area contributed by atoms with Crippen molar-refractivity contribution in [1.82, 2.24) is 5.32 Å². The van der Waals surface area contributed by atoms with E-state index >= 15 is 0 Å². The molecule has 0 amide bonds. The van der Waals surface area contributed by atoms with Crippen molar-refractivity contribution in [1.29, 1.82) is 0 Å². The Balaban J connectivity index is 2.40. The summed E-state index contributed by atoms with van der Waals surface area (Å²) >= 11 is 6.07. The summed E-state index contributed by atoms with van der Waals surface area (Å²) in [4.78, 5) is 0. The molecular formula is C17H19ClFNO. The number of halogens is 2. The van der Waals surface area contributed by atoms with Crippen LogP contribution in [0.3, 0.4) is 0 Å². The second-order valence-corrected chi connectivity index (χ2v) is 5.24. The van der Waals surface area contributed by atoms with Crippen LogP contribution in [0.25, 0.3) is 0 Å². The molecule has 0 saturated heterocycles. The van der Waals surface area contributed by atoms with E-state index in [1.165, 1.54) is 6.07 Å². The minimum absolute atomic E-state index is 0.0909. The Morgan fingerprint density at radius 1 is 1.19 bits per heavy atom. The number of methoxy groups -OCH3 is 1. The van der Waals surface area contributed by atoms with Crippen molar-refractivity contribution in [2.75, 3.05) is 13.7 Å². The Morgan fingerprint density at radius 3 is 2.62 bits per heavy atom. The van der Waals surface area contributed by atoms with Crippen LogP contribution < -0.4 is 10.1 Å². The number of hydrogen-bond acceptors (Lipinski definition) is 2. The van der Waals surface area contributed by atoms with E-state index in [0.717, 1.165) is 24.1 Å². The van der Waals surface area contributed by atoms with E-state index in [0.29, 0.717) is 10.8 Å². The lowest BCUT2D eigenvalue weighted by Crippen LogP contribution is -2.23. The standard InChI is InChI=1S/C17H19ClFNO/c1-3-9-20-17(12-5-4-6-14(19)10-12)13-7-8-15(18)16(11-13)21-2/h4-8,10-11,17,20H,3,9H2,1-2H3. The molecule has 1 N–H and O–H groups in total. The van der Waals surface area contributed by atoms with Gasteiger partial charge in [0.1, 0.15) is 11.6 Å². The van der Waals surface area contributed by atoms with Gasteiger partial charge in [0, 0.05) is 0 Å². The first-order valence-corrected chi connectivity index (χ1v) is 7.35. The van der Waals surface area contributed by atoms with E-state index in [1.807, 2.05) is 18.2 Å². The SMILES string of the molecule is CCCNC(c1cccc(F)c1)c1ccc(Cl)c(OC)c1. The van der Waals surface area contributed by atoms with Gasteiger partial charge in [0.05, 0.1) is 18.2 Å². The molecule has 112 valence electrons. The molecule has 2 aromatic rings. The quantitative estimate of drug-likeness (QED) is 0.843. The van der Waals surface area contributed by atoms with Gasteiger partial charge in [0.25, 0.3) is 0 Å². The molecule has 0 fully saturated rings. The number of ether oxygens (including phenoxy) is 1. The minimum Gasteiger partial charge on any atom is -0.495 e. The summed E-state index contributed by atoms with van der Waals surface area (Å²) in [6, 6.07) is 12.2. The summed E-state index contributed by atoms with van der Waals surface area (Å²) in [5.74, 6) is 0.380. The highest BCUT2D eigenvalue weighted by Gasteiger charge is 2.15. The zero-order chi connectivity index (χ0) is 15.2. The predicted molar refractivity (Wildman–Crippen MR) is 84.5 cm³/mol. The number of nitrogens with one attached hydrogen (secondary N) is 1. The second kappa shape index (κ2) is 7.43. The van der Waals surface area contributed by atoms with Crippen LogP contribution in [-0.4, -0.2) is 13.7 Å². The van der Waals surface area contributed by atoms with Crippen LogP contribution >= 0.6 is 11.6 Å². The molecule has 2 rings (SSSR count). The average Bonchev–Trinajstić information content (AvgIpc) is 2.49. The zero-order valence-electron chi connectivity index (χ0n) is 12.2. The van der Waals surface area contributed by atoms with Gasteiger partial charge in [-0.1, -0.05) is 36.7 Å². The van der Waals surface area contributed by atoms with Gasteiger partial charge in [-0.25, -0.2) is 4.39 Å². The van der Waals surface area contributed by atoms with Crippen LogP contribution in [-0.2, 0) is 0 Å². The van der Waals surface area contributed by atoms with Gasteiger partial charge in [-0.3, -0.25) is 0 Å². The molecule has 0 aromatic heterocycles. The summed E-state index contributed by atoms with van der Waals surface area (Å²) in [6.07, 6.45) is 0.997. The van der Waals surface area contributed by atoms with Crippen molar-refractivity contribution in [3.05, 3.63) is 64.4 Å². The van der Waals surface area contributed by atoms with E-state index in [1.54, 1.807) is 25.3 Å². The average molecular weight is 308 g/mol. The van der Waals surface area contributed by atoms with Crippen molar-refractivity contribution < 1.29 is 9.13 Å². The largest absolute Gasteiger partial charge is 0.495 e. The van der Waals surface area contributed by atoms with E-state index in [2.05, 4.69) is 12.2 Å². The first-order valence-electron chi connectivity index (χ1n) is 6.98. The maximum Gasteiger partial charge on any atom is 0.137 e. The van der Waals surface area contributed by atoms with Crippen molar-refractivity contribution in [2.45, 2.75) is 19.4 Å². The molecule has 0 aliphatic heterocycles. The molecule has 0 saturated carbocycles. The van der Waals surface area contributed by atoms with Crippen molar-refractivity contribution in [2.24, 2.45) is 0 Å². The lowest BCUT2D eigenvalue weighted by molar-refractivity contribution is 0.414. The Hall–Kier alpha value is -1.58. The third kappa shape index (κ3) is 3.96. The predicted octanol–water partition coefficient (Wildman–Crippen LogP) is 4.58. The second-order valence-electron chi connectivity index (χ2n) is 4.84. The molecule has 0 heterocycles. The fraction of sp³-hybridized carbons (Fsp3) is 0.294. The molecule has 1 atom stereocenters. The van der Waals surface area contributed by atoms with Crippen molar-refractivity contribution in [3.8, 4) is 5.75 Å². The lowest BCUT2D eigenvalue weighted by Gasteiger charge is -2.20. The van der Waals surface area contributed by atoms with E-state index in [9.17, 15) is 4.39 Å². The topological polar surface area (TPSA) is 21.3 Å². The fourth-order valence-electron chi connectivity index (χ4n) is 2.26. The van der Waals surface area contributed by atoms with Gasteiger partial charge in [-0.15, -0.1) is 0 Å². The van der Waals surface area contributed by atoms with Gasteiger partial charge in [-0.2, -0.15) is 0 Å². The van der Waals surface area contributed by atoms with Crippen LogP contribution in [0.2, 0.25) is 5.02 Å². The van der Waals surface area contributed by atoms with Gasteiger partial charge in [-0.05, 0) is 48.4 Å². The molecule has 21 heavy (non-hydrogen) atoms. The van der Waals surface area contributed by atoms with Gasteiger partial charge in [0.15, 0.2) is 0 Å². The number of rotatable bonds is 6. The van der Waals surface area contributed by atoms with Crippen LogP contribution in [0.4, 0.5) is 4.39 Å². The molecular weight excluding hydrogens is 289 g/mol. The lowest BCUT2D eigenvalue weighted by atomic mass is 9.98. The first-order chi connectivity index (χ1) is 10.2. The third-order valence-corrected chi connectivity index (χ3v) is 3.60. The molecule has 0 aliphatic carbocycles. The Kier molecular flexibility index (Phi) is 5.59. The summed E-state index contributed by atoms with van der Waals surface area (Å²) in [5, 5.41) is 4.00. The molecule has 2 aromatic carbocycles. The highest BCUT2D eigenvalue weighted by Crippen LogP contribution is 2.30. The zero-order valence-corrected chi connectivity index (χ0v) is 13.0. The monoisotopic (exact) mass is 307 g/mol. The van der Waals surface area contributed by atoms with Crippen LogP contribution in [0.15, 0.2) is 42.5 Å².